The van der Waals surface area contributed by atoms with Crippen LogP contribution in [0.25, 0.3) is 27.5 Å². The molecule has 0 unspecified atom stereocenters. The van der Waals surface area contributed by atoms with Crippen LogP contribution in [-0.2, 0) is 44.7 Å². The normalized spacial score (nSPS) is 18.0. The molecule has 2 aromatic carbocycles. The van der Waals surface area contributed by atoms with Crippen molar-refractivity contribution in [3.63, 3.8) is 0 Å². The van der Waals surface area contributed by atoms with Crippen LogP contribution in [0.2, 0.25) is 0 Å². The van der Waals surface area contributed by atoms with Gasteiger partial charge in [0.2, 0.25) is 23.6 Å². The highest BCUT2D eigenvalue weighted by Crippen LogP contribution is 2.36. The number of nitrogens with one attached hydrogen (secondary N) is 2. The predicted molar refractivity (Wildman–Crippen MR) is 305 cm³/mol. The molecule has 81 heavy (non-hydrogen) atoms. The van der Waals surface area contributed by atoms with Gasteiger partial charge in [0, 0.05) is 58.7 Å². The summed E-state index contributed by atoms with van der Waals surface area (Å²) in [6.45, 7) is 13.3. The fraction of sp³-hybridized carbons (Fsp3) is 0.492. The first kappa shape index (κ1) is 58.7. The molecule has 3 saturated heterocycles. The number of aliphatic hydroxyl groups excluding tert-OH is 1. The quantitative estimate of drug-likeness (QED) is 0.0560. The maximum absolute atomic E-state index is 14.1. The molecule has 4 atom stereocenters. The Morgan fingerprint density at radius 3 is 2.21 bits per heavy atom. The molecule has 0 saturated carbocycles. The number of pyridine rings is 1. The summed E-state index contributed by atoms with van der Waals surface area (Å²) in [5.74, 6) is 0.243. The van der Waals surface area contributed by atoms with Gasteiger partial charge in [0.25, 0.3) is 0 Å². The smallest absolute Gasteiger partial charge is 0.246 e. The van der Waals surface area contributed by atoms with Crippen LogP contribution in [0.5, 0.6) is 0 Å². The van der Waals surface area contributed by atoms with Gasteiger partial charge in [0.05, 0.1) is 99.4 Å². The van der Waals surface area contributed by atoms with Gasteiger partial charge in [-0.25, -0.2) is 23.9 Å². The van der Waals surface area contributed by atoms with Gasteiger partial charge in [-0.2, -0.15) is 0 Å². The Kier molecular flexibility index (Phi) is 20.1. The fourth-order valence-electron chi connectivity index (χ4n) is 10.5. The van der Waals surface area contributed by atoms with Crippen LogP contribution < -0.4 is 20.4 Å². The molecule has 0 aliphatic carbocycles. The molecule has 0 spiro atoms. The minimum absolute atomic E-state index is 0.0122. The van der Waals surface area contributed by atoms with Gasteiger partial charge in [-0.15, -0.1) is 16.4 Å². The second-order valence-corrected chi connectivity index (χ2v) is 22.5. The molecule has 3 fully saturated rings. The average Bonchev–Trinajstić information content (AvgIpc) is 4.37. The first-order chi connectivity index (χ1) is 39.2. The van der Waals surface area contributed by atoms with Crippen molar-refractivity contribution in [2.75, 3.05) is 102 Å². The van der Waals surface area contributed by atoms with E-state index in [1.807, 2.05) is 103 Å². The zero-order valence-electron chi connectivity index (χ0n) is 46.6. The molecular weight excluding hydrogens is 1060 g/mol. The summed E-state index contributed by atoms with van der Waals surface area (Å²) in [7, 11) is 0. The van der Waals surface area contributed by atoms with Gasteiger partial charge in [-0.05, 0) is 78.3 Å². The number of hydrogen-bond donors (Lipinski definition) is 3. The van der Waals surface area contributed by atoms with Crippen LogP contribution in [0, 0.1) is 18.2 Å². The second-order valence-electron chi connectivity index (χ2n) is 21.7. The fourth-order valence-corrected chi connectivity index (χ4v) is 11.3. The van der Waals surface area contributed by atoms with E-state index >= 15 is 0 Å². The number of hydrogen-bond acceptors (Lipinski definition) is 16. The molecule has 3 aliphatic rings. The first-order valence-corrected chi connectivity index (χ1v) is 28.8. The van der Waals surface area contributed by atoms with Crippen LogP contribution in [0.1, 0.15) is 75.7 Å². The molecule has 20 nitrogen and oxygen atoms in total. The van der Waals surface area contributed by atoms with Crippen LogP contribution in [-0.4, -0.2) is 173 Å². The van der Waals surface area contributed by atoms with Crippen molar-refractivity contribution in [2.45, 2.75) is 90.6 Å². The Hall–Kier alpha value is -6.95. The number of fused-ring (bicyclic) bond motifs is 1. The maximum atomic E-state index is 14.1. The number of imidazole rings is 1. The Balaban J connectivity index is 0.605. The van der Waals surface area contributed by atoms with Crippen LogP contribution in [0.3, 0.4) is 0 Å². The highest BCUT2D eigenvalue weighted by Gasteiger charge is 2.44. The summed E-state index contributed by atoms with van der Waals surface area (Å²) < 4.78 is 38.5. The lowest BCUT2D eigenvalue weighted by Crippen LogP contribution is -2.57. The first-order valence-electron chi connectivity index (χ1n) is 27.9. The number of nitrogens with zero attached hydrogens (tertiary/aromatic N) is 9. The molecule has 432 valence electrons. The van der Waals surface area contributed by atoms with Crippen molar-refractivity contribution >= 4 is 52.2 Å². The summed E-state index contributed by atoms with van der Waals surface area (Å²) in [5.41, 5.74) is 7.18. The van der Waals surface area contributed by atoms with E-state index in [0.29, 0.717) is 64.9 Å². The molecule has 6 aromatic rings. The zero-order chi connectivity index (χ0) is 56.9. The predicted octanol–water partition coefficient (Wildman–Crippen LogP) is 6.01. The van der Waals surface area contributed by atoms with E-state index in [2.05, 4.69) is 30.4 Å². The number of amides is 4. The minimum Gasteiger partial charge on any atom is -0.391 e. The summed E-state index contributed by atoms with van der Waals surface area (Å²) in [5, 5.41) is 21.4. The van der Waals surface area contributed by atoms with Gasteiger partial charge < -0.3 is 54.3 Å². The molecule has 3 N–H and O–H groups in total. The van der Waals surface area contributed by atoms with Crippen molar-refractivity contribution in [1.82, 2.24) is 45.0 Å². The van der Waals surface area contributed by atoms with Crippen LogP contribution in [0.4, 0.5) is 16.0 Å². The molecule has 4 amide bonds. The van der Waals surface area contributed by atoms with E-state index < -0.39 is 29.5 Å². The number of aryl methyl sites for hydroxylation is 1. The van der Waals surface area contributed by atoms with E-state index in [0.717, 1.165) is 69.7 Å². The lowest BCUT2D eigenvalue weighted by atomic mass is 9.85. The lowest BCUT2D eigenvalue weighted by Gasteiger charge is -2.35. The number of aromatic nitrogens is 5. The highest BCUT2D eigenvalue weighted by atomic mass is 32.1. The van der Waals surface area contributed by atoms with Gasteiger partial charge in [-0.1, -0.05) is 63.2 Å². The number of piperazine rings is 1. The monoisotopic (exact) mass is 1130 g/mol. The molecule has 4 aromatic heterocycles. The summed E-state index contributed by atoms with van der Waals surface area (Å²) in [6, 6.07) is 22.7. The number of carbonyl (C=O) groups excluding carboxylic acids is 4. The summed E-state index contributed by atoms with van der Waals surface area (Å²) in [4.78, 5) is 76.3. The van der Waals surface area contributed by atoms with E-state index in [1.54, 1.807) is 29.7 Å². The Morgan fingerprint density at radius 2 is 1.52 bits per heavy atom. The number of halogens is 1. The number of β-amino-alcohol motifs (C(OH)–C–C–N with tert-alkyl or cyclic N) is 1. The van der Waals surface area contributed by atoms with E-state index in [4.69, 9.17) is 29.0 Å². The number of likely N-dealkylation sites (tertiary alicyclic amines) is 1. The van der Waals surface area contributed by atoms with E-state index in [9.17, 15) is 28.7 Å². The van der Waals surface area contributed by atoms with E-state index in [-0.39, 0.29) is 81.8 Å². The Labute approximate surface area is 475 Å². The summed E-state index contributed by atoms with van der Waals surface area (Å²) in [6.07, 6.45) is 3.21. The van der Waals surface area contributed by atoms with Crippen LogP contribution in [0.15, 0.2) is 90.6 Å². The van der Waals surface area contributed by atoms with Crippen molar-refractivity contribution < 1.29 is 47.6 Å². The average molecular weight is 1130 g/mol. The van der Waals surface area contributed by atoms with Crippen molar-refractivity contribution in [3.05, 3.63) is 113 Å². The van der Waals surface area contributed by atoms with Crippen molar-refractivity contribution in [2.24, 2.45) is 5.41 Å². The molecule has 0 radical (unpaired) electrons. The number of rotatable bonds is 25. The van der Waals surface area contributed by atoms with Gasteiger partial charge in [0.15, 0.2) is 5.65 Å². The topological polar surface area (TPSA) is 218 Å². The number of anilines is 2. The molecule has 3 aliphatic heterocycles. The van der Waals surface area contributed by atoms with E-state index in [1.165, 1.54) is 11.0 Å². The Morgan fingerprint density at radius 1 is 0.815 bits per heavy atom. The minimum atomic E-state index is -0.940. The third-order valence-corrected chi connectivity index (χ3v) is 15.8. The largest absolute Gasteiger partial charge is 0.391 e. The molecule has 7 heterocycles. The molecule has 22 heteroatoms. The van der Waals surface area contributed by atoms with Gasteiger partial charge >= 0.3 is 0 Å². The number of aliphatic hydroxyl groups is 1. The number of benzene rings is 2. The second kappa shape index (κ2) is 27.7. The zero-order valence-corrected chi connectivity index (χ0v) is 47.5. The van der Waals surface area contributed by atoms with Crippen molar-refractivity contribution in [3.8, 4) is 21.8 Å². The van der Waals surface area contributed by atoms with Gasteiger partial charge in [-0.3, -0.25) is 19.2 Å². The molecular formula is C59H74FN11O9S. The number of carbonyl (C=O) groups is 4. The lowest BCUT2D eigenvalue weighted by molar-refractivity contribution is -0.144. The van der Waals surface area contributed by atoms with Crippen molar-refractivity contribution in [1.29, 1.82) is 0 Å². The SMILES string of the molecule is Cc1ncsc1-c1ccc(CNC(=O)[C@@H]2C[C@@H](O)CN2C(=O)[C@@H](NC(=O)CCOCCOCCOCCOCCC(=O)N2CCN(c3cccc(-c4cnc5ccc(N6CCC[C@@H]6c6cccc(F)c6)nn45)n3)CC2)C(C)(C)C)cc1. The molecule has 0 bridgehead atoms. The number of thiazole rings is 1. The van der Waals surface area contributed by atoms with Crippen LogP contribution >= 0.6 is 11.3 Å². The third kappa shape index (κ3) is 15.3. The summed E-state index contributed by atoms with van der Waals surface area (Å²) >= 11 is 1.57. The Bertz CT molecular complexity index is 3070. The highest BCUT2D eigenvalue weighted by molar-refractivity contribution is 7.13. The standard InChI is InChI=1S/C59H74FN11O9S/c1-40-55(81-39-63-40)42-15-13-41(14-16-42)36-62-57(75)48-35-45(72)38-70(48)58(76)56(59(2,3)4)65-53(73)19-26-77-28-30-79-32-33-80-31-29-78-27-20-54(74)68-24-22-67(23-25-68)51-12-6-10-46(64-51)49-37-61-50-17-18-52(66-71(49)50)69-21-7-11-47(69)43-8-5-9-44(60)34-43/h5-6,8-10,12-18,34,37,39,45,47-48,56,72H,7,11,19-33,35-36,38H2,1-4H3,(H,62,75)(H,65,73)/t45-,47-,48+,56-/m1/s1. The number of ether oxygens (including phenoxy) is 4. The third-order valence-electron chi connectivity index (χ3n) is 14.8. The van der Waals surface area contributed by atoms with Gasteiger partial charge in [0.1, 0.15) is 35.2 Å². The maximum Gasteiger partial charge on any atom is 0.246 e. The molecule has 9 rings (SSSR count).